The minimum Gasteiger partial charge on any atom is -0.423 e. The third-order valence-corrected chi connectivity index (χ3v) is 5.90. The average Bonchev–Trinajstić information content (AvgIpc) is 2.82. The van der Waals surface area contributed by atoms with Crippen LogP contribution in [0.5, 0.6) is 5.75 Å². The first-order valence-electron chi connectivity index (χ1n) is 12.8. The zero-order chi connectivity index (χ0) is 22.7. The molecule has 0 aliphatic heterocycles. The first kappa shape index (κ1) is 25.9. The number of rotatable bonds is 17. The van der Waals surface area contributed by atoms with E-state index in [1.165, 1.54) is 95.1 Å². The number of esters is 1. The van der Waals surface area contributed by atoms with Gasteiger partial charge in [-0.2, -0.15) is 0 Å². The summed E-state index contributed by atoms with van der Waals surface area (Å²) in [6, 6.07) is 17.7. The normalized spacial score (nSPS) is 11.2. The van der Waals surface area contributed by atoms with Gasteiger partial charge in [-0.15, -0.1) is 0 Å². The summed E-state index contributed by atoms with van der Waals surface area (Å²) >= 11 is 0. The second-order valence-corrected chi connectivity index (χ2v) is 8.81. The van der Waals surface area contributed by atoms with Crippen molar-refractivity contribution in [2.45, 2.75) is 96.8 Å². The van der Waals surface area contributed by atoms with Crippen molar-refractivity contribution < 1.29 is 9.53 Å². The molecule has 174 valence electrons. The molecule has 2 nitrogen and oxygen atoms in total. The van der Waals surface area contributed by atoms with Gasteiger partial charge in [0.25, 0.3) is 0 Å². The fourth-order valence-electron chi connectivity index (χ4n) is 3.99. The molecule has 0 N–H and O–H groups in total. The second-order valence-electron chi connectivity index (χ2n) is 8.81. The van der Waals surface area contributed by atoms with Gasteiger partial charge in [0, 0.05) is 6.08 Å². The van der Waals surface area contributed by atoms with E-state index >= 15 is 0 Å². The molecular formula is C30H42O2. The number of aryl methyl sites for hydroxylation is 1. The summed E-state index contributed by atoms with van der Waals surface area (Å²) in [4.78, 5) is 12.1. The van der Waals surface area contributed by atoms with Gasteiger partial charge in [-0.05, 0) is 42.2 Å². The predicted octanol–water partition coefficient (Wildman–Crippen LogP) is 8.94. The number of unbranched alkanes of at least 4 members (excludes halogenated alkanes) is 12. The molecular weight excluding hydrogens is 392 g/mol. The summed E-state index contributed by atoms with van der Waals surface area (Å²) in [5.41, 5.74) is 2.23. The van der Waals surface area contributed by atoms with Crippen molar-refractivity contribution in [2.75, 3.05) is 0 Å². The highest BCUT2D eigenvalue weighted by Crippen LogP contribution is 2.17. The van der Waals surface area contributed by atoms with E-state index < -0.39 is 0 Å². The molecule has 32 heavy (non-hydrogen) atoms. The Morgan fingerprint density at radius 2 is 1.31 bits per heavy atom. The van der Waals surface area contributed by atoms with Gasteiger partial charge in [-0.3, -0.25) is 0 Å². The molecule has 0 saturated heterocycles. The maximum atomic E-state index is 12.1. The Morgan fingerprint density at radius 3 is 1.94 bits per heavy atom. The molecule has 0 fully saturated rings. The Morgan fingerprint density at radius 1 is 0.719 bits per heavy atom. The van der Waals surface area contributed by atoms with E-state index in [0.717, 1.165) is 12.0 Å². The van der Waals surface area contributed by atoms with Crippen molar-refractivity contribution in [3.63, 3.8) is 0 Å². The smallest absolute Gasteiger partial charge is 0.336 e. The fraction of sp³-hybridized carbons (Fsp3) is 0.500. The summed E-state index contributed by atoms with van der Waals surface area (Å²) in [6.45, 7) is 2.28. The standard InChI is InChI=1S/C30H42O2/c1-2-3-4-5-6-7-8-9-10-11-12-13-15-21-28-22-18-23-29(26-28)32-30(31)25-24-27-19-16-14-17-20-27/h14,16-20,22-26H,2-13,15,21H2,1H3/b25-24+. The van der Waals surface area contributed by atoms with Gasteiger partial charge in [0.05, 0.1) is 0 Å². The van der Waals surface area contributed by atoms with Crippen LogP contribution in [-0.4, -0.2) is 5.97 Å². The van der Waals surface area contributed by atoms with E-state index in [4.69, 9.17) is 4.74 Å². The van der Waals surface area contributed by atoms with Crippen LogP contribution in [0.1, 0.15) is 102 Å². The van der Waals surface area contributed by atoms with E-state index in [-0.39, 0.29) is 5.97 Å². The number of carbonyl (C=O) groups excluding carboxylic acids is 1. The average molecular weight is 435 g/mol. The molecule has 0 amide bonds. The number of benzene rings is 2. The first-order valence-corrected chi connectivity index (χ1v) is 12.8. The Hall–Kier alpha value is -2.35. The number of carbonyl (C=O) groups is 1. The molecule has 0 spiro atoms. The Balaban J connectivity index is 1.53. The summed E-state index contributed by atoms with van der Waals surface area (Å²) in [6.07, 6.45) is 22.1. The fourth-order valence-corrected chi connectivity index (χ4v) is 3.99. The molecule has 2 rings (SSSR count). The first-order chi connectivity index (χ1) is 15.8. The lowest BCUT2D eigenvalue weighted by molar-refractivity contribution is -0.128. The van der Waals surface area contributed by atoms with Crippen molar-refractivity contribution in [3.05, 3.63) is 71.8 Å². The van der Waals surface area contributed by atoms with Crippen LogP contribution in [0.3, 0.4) is 0 Å². The highest BCUT2D eigenvalue weighted by atomic mass is 16.5. The third kappa shape index (κ3) is 12.5. The molecule has 0 bridgehead atoms. The second kappa shape index (κ2) is 17.2. The van der Waals surface area contributed by atoms with Crippen LogP contribution in [0, 0.1) is 0 Å². The van der Waals surface area contributed by atoms with Crippen LogP contribution in [-0.2, 0) is 11.2 Å². The van der Waals surface area contributed by atoms with Crippen molar-refractivity contribution in [2.24, 2.45) is 0 Å². The summed E-state index contributed by atoms with van der Waals surface area (Å²) in [5.74, 6) is 0.284. The van der Waals surface area contributed by atoms with E-state index in [1.807, 2.05) is 48.5 Å². The lowest BCUT2D eigenvalue weighted by Crippen LogP contribution is -2.03. The quantitative estimate of drug-likeness (QED) is 0.107. The van der Waals surface area contributed by atoms with Crippen LogP contribution in [0.4, 0.5) is 0 Å². The Labute approximate surface area is 196 Å². The van der Waals surface area contributed by atoms with Gasteiger partial charge in [-0.1, -0.05) is 126 Å². The monoisotopic (exact) mass is 434 g/mol. The molecule has 0 atom stereocenters. The lowest BCUT2D eigenvalue weighted by atomic mass is 10.0. The zero-order valence-corrected chi connectivity index (χ0v) is 20.1. The van der Waals surface area contributed by atoms with Crippen LogP contribution in [0.2, 0.25) is 0 Å². The molecule has 0 aromatic heterocycles. The van der Waals surface area contributed by atoms with E-state index in [1.54, 1.807) is 6.08 Å². The molecule has 0 unspecified atom stereocenters. The molecule has 0 heterocycles. The Kier molecular flexibility index (Phi) is 14.0. The number of ether oxygens (including phenoxy) is 1. The van der Waals surface area contributed by atoms with Gasteiger partial charge in [0.2, 0.25) is 0 Å². The zero-order valence-electron chi connectivity index (χ0n) is 20.1. The molecule has 0 saturated carbocycles. The van der Waals surface area contributed by atoms with Crippen LogP contribution < -0.4 is 4.74 Å². The van der Waals surface area contributed by atoms with Crippen LogP contribution in [0.15, 0.2) is 60.7 Å². The molecule has 2 aromatic carbocycles. The van der Waals surface area contributed by atoms with Gasteiger partial charge < -0.3 is 4.74 Å². The lowest BCUT2D eigenvalue weighted by Gasteiger charge is -2.06. The van der Waals surface area contributed by atoms with Crippen LogP contribution >= 0.6 is 0 Å². The molecule has 0 radical (unpaired) electrons. The van der Waals surface area contributed by atoms with Crippen molar-refractivity contribution in [1.82, 2.24) is 0 Å². The van der Waals surface area contributed by atoms with Crippen molar-refractivity contribution in [3.8, 4) is 5.75 Å². The van der Waals surface area contributed by atoms with Gasteiger partial charge in [-0.25, -0.2) is 4.79 Å². The van der Waals surface area contributed by atoms with Crippen molar-refractivity contribution >= 4 is 12.0 Å². The highest BCUT2D eigenvalue weighted by molar-refractivity contribution is 5.88. The number of hydrogen-bond acceptors (Lipinski definition) is 2. The molecule has 2 aromatic rings. The maximum absolute atomic E-state index is 12.1. The summed E-state index contributed by atoms with van der Waals surface area (Å²) in [7, 11) is 0. The summed E-state index contributed by atoms with van der Waals surface area (Å²) < 4.78 is 5.47. The topological polar surface area (TPSA) is 26.3 Å². The molecule has 0 aliphatic rings. The highest BCUT2D eigenvalue weighted by Gasteiger charge is 2.02. The molecule has 2 heteroatoms. The van der Waals surface area contributed by atoms with Crippen LogP contribution in [0.25, 0.3) is 6.08 Å². The Bertz CT molecular complexity index is 763. The summed E-state index contributed by atoms with van der Waals surface area (Å²) in [5, 5.41) is 0. The van der Waals surface area contributed by atoms with Gasteiger partial charge in [0.15, 0.2) is 0 Å². The molecule has 0 aliphatic carbocycles. The third-order valence-electron chi connectivity index (χ3n) is 5.90. The van der Waals surface area contributed by atoms with Gasteiger partial charge >= 0.3 is 5.97 Å². The van der Waals surface area contributed by atoms with E-state index in [0.29, 0.717) is 5.75 Å². The van der Waals surface area contributed by atoms with E-state index in [9.17, 15) is 4.79 Å². The predicted molar refractivity (Wildman–Crippen MR) is 137 cm³/mol. The number of hydrogen-bond donors (Lipinski definition) is 0. The maximum Gasteiger partial charge on any atom is 0.336 e. The minimum absolute atomic E-state index is 0.341. The van der Waals surface area contributed by atoms with Gasteiger partial charge in [0.1, 0.15) is 5.75 Å². The largest absolute Gasteiger partial charge is 0.423 e. The van der Waals surface area contributed by atoms with Crippen molar-refractivity contribution in [1.29, 1.82) is 0 Å². The minimum atomic E-state index is -0.341. The van der Waals surface area contributed by atoms with E-state index in [2.05, 4.69) is 13.0 Å². The SMILES string of the molecule is CCCCCCCCCCCCCCCc1cccc(OC(=O)/C=C/c2ccccc2)c1.